The van der Waals surface area contributed by atoms with Crippen molar-refractivity contribution in [3.8, 4) is 22.5 Å². The molecule has 0 radical (unpaired) electrons. The lowest BCUT2D eigenvalue weighted by atomic mass is 10.1. The fourth-order valence-electron chi connectivity index (χ4n) is 1.96. The molecule has 2 aromatic heterocycles. The highest BCUT2D eigenvalue weighted by molar-refractivity contribution is 9.11. The van der Waals surface area contributed by atoms with Crippen LogP contribution in [0.15, 0.2) is 69.9 Å². The third-order valence-corrected chi connectivity index (χ3v) is 3.76. The molecule has 0 N–H and O–H groups in total. The zero-order valence-electron chi connectivity index (χ0n) is 10.4. The Labute approximate surface area is 134 Å². The molecule has 0 spiro atoms. The number of benzene rings is 1. The summed E-state index contributed by atoms with van der Waals surface area (Å²) in [5, 5.41) is 0. The SMILES string of the molecule is Brc1cc(Br)nc(-c2ccc(-c3ccccn3)cc2)c1. The average molecular weight is 390 g/mol. The summed E-state index contributed by atoms with van der Waals surface area (Å²) in [6, 6.07) is 18.1. The lowest BCUT2D eigenvalue weighted by Gasteiger charge is -2.05. The fourth-order valence-corrected chi connectivity index (χ4v) is 3.14. The van der Waals surface area contributed by atoms with Crippen molar-refractivity contribution in [1.82, 2.24) is 9.97 Å². The third kappa shape index (κ3) is 2.97. The van der Waals surface area contributed by atoms with E-state index in [2.05, 4.69) is 66.1 Å². The van der Waals surface area contributed by atoms with E-state index in [4.69, 9.17) is 0 Å². The highest BCUT2D eigenvalue weighted by Gasteiger charge is 2.04. The van der Waals surface area contributed by atoms with E-state index >= 15 is 0 Å². The predicted molar refractivity (Wildman–Crippen MR) is 88.3 cm³/mol. The van der Waals surface area contributed by atoms with Crippen molar-refractivity contribution in [2.24, 2.45) is 0 Å². The topological polar surface area (TPSA) is 25.8 Å². The van der Waals surface area contributed by atoms with Crippen LogP contribution in [0.2, 0.25) is 0 Å². The van der Waals surface area contributed by atoms with Crippen molar-refractivity contribution in [3.05, 3.63) is 69.9 Å². The van der Waals surface area contributed by atoms with Gasteiger partial charge >= 0.3 is 0 Å². The largest absolute Gasteiger partial charge is 0.256 e. The van der Waals surface area contributed by atoms with Gasteiger partial charge in [-0.15, -0.1) is 0 Å². The van der Waals surface area contributed by atoms with Gasteiger partial charge in [0.15, 0.2) is 0 Å². The van der Waals surface area contributed by atoms with Gasteiger partial charge in [0.1, 0.15) is 4.60 Å². The van der Waals surface area contributed by atoms with E-state index < -0.39 is 0 Å². The van der Waals surface area contributed by atoms with Gasteiger partial charge in [0.05, 0.1) is 11.4 Å². The predicted octanol–water partition coefficient (Wildman–Crippen LogP) is 5.34. The minimum atomic E-state index is 0.815. The summed E-state index contributed by atoms with van der Waals surface area (Å²) in [5.41, 5.74) is 4.08. The van der Waals surface area contributed by atoms with Gasteiger partial charge < -0.3 is 0 Å². The van der Waals surface area contributed by atoms with Crippen molar-refractivity contribution in [2.45, 2.75) is 0 Å². The molecular formula is C16H10Br2N2. The quantitative estimate of drug-likeness (QED) is 0.553. The van der Waals surface area contributed by atoms with E-state index in [9.17, 15) is 0 Å². The first-order valence-electron chi connectivity index (χ1n) is 6.07. The maximum atomic E-state index is 4.48. The van der Waals surface area contributed by atoms with Crippen molar-refractivity contribution in [2.75, 3.05) is 0 Å². The Bertz CT molecular complexity index is 705. The van der Waals surface area contributed by atoms with Crippen molar-refractivity contribution in [1.29, 1.82) is 0 Å². The lowest BCUT2D eigenvalue weighted by Crippen LogP contribution is -1.86. The average Bonchev–Trinajstić information content (AvgIpc) is 2.47. The van der Waals surface area contributed by atoms with Gasteiger partial charge in [0.25, 0.3) is 0 Å². The standard InChI is InChI=1S/C16H10Br2N2/c17-13-9-15(20-16(18)10-13)12-6-4-11(5-7-12)14-3-1-2-8-19-14/h1-10H. The van der Waals surface area contributed by atoms with Gasteiger partial charge in [-0.2, -0.15) is 0 Å². The molecular weight excluding hydrogens is 380 g/mol. The summed E-state index contributed by atoms with van der Waals surface area (Å²) in [6.45, 7) is 0. The molecule has 3 aromatic rings. The van der Waals surface area contributed by atoms with Crippen LogP contribution in [0.4, 0.5) is 0 Å². The number of halogens is 2. The van der Waals surface area contributed by atoms with E-state index in [1.54, 1.807) is 6.20 Å². The van der Waals surface area contributed by atoms with E-state index in [0.717, 1.165) is 31.6 Å². The number of rotatable bonds is 2. The first kappa shape index (κ1) is 13.5. The number of hydrogen-bond donors (Lipinski definition) is 0. The van der Waals surface area contributed by atoms with E-state index in [1.807, 2.05) is 30.3 Å². The minimum Gasteiger partial charge on any atom is -0.256 e. The molecule has 4 heteroatoms. The zero-order valence-corrected chi connectivity index (χ0v) is 13.6. The number of pyridine rings is 2. The summed E-state index contributed by atoms with van der Waals surface area (Å²) in [6.07, 6.45) is 1.80. The van der Waals surface area contributed by atoms with Crippen LogP contribution in [-0.4, -0.2) is 9.97 Å². The third-order valence-electron chi connectivity index (χ3n) is 2.90. The first-order valence-corrected chi connectivity index (χ1v) is 7.66. The summed E-state index contributed by atoms with van der Waals surface area (Å²) >= 11 is 6.89. The Hall–Kier alpha value is -1.52. The Morgan fingerprint density at radius 3 is 2.05 bits per heavy atom. The molecule has 0 aliphatic heterocycles. The smallest absolute Gasteiger partial charge is 0.107 e. The molecule has 0 aliphatic carbocycles. The lowest BCUT2D eigenvalue weighted by molar-refractivity contribution is 1.26. The van der Waals surface area contributed by atoms with E-state index in [-0.39, 0.29) is 0 Å². The van der Waals surface area contributed by atoms with Gasteiger partial charge in [-0.25, -0.2) is 4.98 Å². The van der Waals surface area contributed by atoms with Gasteiger partial charge in [-0.1, -0.05) is 46.3 Å². The monoisotopic (exact) mass is 388 g/mol. The molecule has 3 rings (SSSR count). The summed E-state index contributed by atoms with van der Waals surface area (Å²) in [7, 11) is 0. The van der Waals surface area contributed by atoms with Crippen molar-refractivity contribution in [3.63, 3.8) is 0 Å². The fraction of sp³-hybridized carbons (Fsp3) is 0. The minimum absolute atomic E-state index is 0.815. The van der Waals surface area contributed by atoms with Crippen LogP contribution in [-0.2, 0) is 0 Å². The Morgan fingerprint density at radius 2 is 1.45 bits per heavy atom. The van der Waals surface area contributed by atoms with Gasteiger partial charge in [0, 0.05) is 21.8 Å². The van der Waals surface area contributed by atoms with Crippen LogP contribution >= 0.6 is 31.9 Å². The van der Waals surface area contributed by atoms with Gasteiger partial charge in [-0.3, -0.25) is 4.98 Å². The van der Waals surface area contributed by atoms with Crippen LogP contribution in [0, 0.1) is 0 Å². The normalized spacial score (nSPS) is 10.5. The summed E-state index contributed by atoms with van der Waals surface area (Å²) < 4.78 is 1.82. The van der Waals surface area contributed by atoms with Crippen molar-refractivity contribution >= 4 is 31.9 Å². The van der Waals surface area contributed by atoms with Crippen LogP contribution in [0.3, 0.4) is 0 Å². The van der Waals surface area contributed by atoms with Crippen LogP contribution in [0.25, 0.3) is 22.5 Å². The molecule has 0 saturated carbocycles. The highest BCUT2D eigenvalue weighted by Crippen LogP contribution is 2.26. The molecule has 0 bridgehead atoms. The molecule has 0 fully saturated rings. The Kier molecular flexibility index (Phi) is 3.94. The molecule has 0 unspecified atom stereocenters. The Morgan fingerprint density at radius 1 is 0.750 bits per heavy atom. The van der Waals surface area contributed by atoms with Crippen molar-refractivity contribution < 1.29 is 0 Å². The second-order valence-electron chi connectivity index (χ2n) is 4.29. The zero-order chi connectivity index (χ0) is 13.9. The second kappa shape index (κ2) is 5.85. The maximum Gasteiger partial charge on any atom is 0.107 e. The van der Waals surface area contributed by atoms with E-state index in [0.29, 0.717) is 0 Å². The highest BCUT2D eigenvalue weighted by atomic mass is 79.9. The number of hydrogen-bond acceptors (Lipinski definition) is 2. The molecule has 0 aliphatic rings. The number of aromatic nitrogens is 2. The molecule has 2 heterocycles. The molecule has 0 atom stereocenters. The van der Waals surface area contributed by atoms with Gasteiger partial charge in [0.2, 0.25) is 0 Å². The maximum absolute atomic E-state index is 4.48. The van der Waals surface area contributed by atoms with Crippen LogP contribution < -0.4 is 0 Å². The molecule has 20 heavy (non-hydrogen) atoms. The molecule has 0 saturated heterocycles. The van der Waals surface area contributed by atoms with Crippen LogP contribution in [0.5, 0.6) is 0 Å². The number of nitrogens with zero attached hydrogens (tertiary/aromatic N) is 2. The Balaban J connectivity index is 1.97. The van der Waals surface area contributed by atoms with E-state index in [1.165, 1.54) is 0 Å². The second-order valence-corrected chi connectivity index (χ2v) is 6.01. The van der Waals surface area contributed by atoms with Gasteiger partial charge in [-0.05, 0) is 40.2 Å². The molecule has 1 aromatic carbocycles. The summed E-state index contributed by atoms with van der Waals surface area (Å²) in [4.78, 5) is 8.83. The summed E-state index contributed by atoms with van der Waals surface area (Å²) in [5.74, 6) is 0. The molecule has 98 valence electrons. The van der Waals surface area contributed by atoms with Crippen LogP contribution in [0.1, 0.15) is 0 Å². The molecule has 2 nitrogen and oxygen atoms in total. The molecule has 0 amide bonds. The first-order chi connectivity index (χ1) is 9.72.